The number of aromatic hydroxyl groups is 1. The topological polar surface area (TPSA) is 147 Å². The Morgan fingerprint density at radius 1 is 1.03 bits per heavy atom. The highest BCUT2D eigenvalue weighted by molar-refractivity contribution is 7.92. The van der Waals surface area contributed by atoms with Crippen LogP contribution in [0, 0.1) is 10.1 Å². The molecular formula is C17H18ClN3O7S2. The van der Waals surface area contributed by atoms with Gasteiger partial charge in [-0.15, -0.1) is 0 Å². The Hall–Kier alpha value is -2.41. The van der Waals surface area contributed by atoms with E-state index >= 15 is 0 Å². The van der Waals surface area contributed by atoms with Crippen LogP contribution in [-0.2, 0) is 20.0 Å². The SMILES string of the molecule is O=[N+]([O-])c1cc(S(=O)(=O)Nc2ccc(Cl)c(S(=O)(=O)N3CCCCC3)c2)ccc1O. The van der Waals surface area contributed by atoms with Gasteiger partial charge in [-0.05, 0) is 43.2 Å². The van der Waals surface area contributed by atoms with Gasteiger partial charge in [0.05, 0.1) is 20.5 Å². The van der Waals surface area contributed by atoms with E-state index < -0.39 is 41.3 Å². The number of piperidine rings is 1. The van der Waals surface area contributed by atoms with E-state index in [1.807, 2.05) is 0 Å². The third-order valence-electron chi connectivity index (χ3n) is 4.57. The van der Waals surface area contributed by atoms with Crippen LogP contribution in [0.25, 0.3) is 0 Å². The highest BCUT2D eigenvalue weighted by Crippen LogP contribution is 2.32. The van der Waals surface area contributed by atoms with Crippen molar-refractivity contribution in [2.75, 3.05) is 17.8 Å². The molecule has 1 heterocycles. The molecule has 162 valence electrons. The largest absolute Gasteiger partial charge is 0.502 e. The number of nitrogens with zero attached hydrogens (tertiary/aromatic N) is 2. The lowest BCUT2D eigenvalue weighted by Crippen LogP contribution is -2.35. The molecule has 2 aromatic rings. The van der Waals surface area contributed by atoms with Crippen LogP contribution in [0.5, 0.6) is 5.75 Å². The van der Waals surface area contributed by atoms with E-state index in [1.54, 1.807) is 0 Å². The number of benzene rings is 2. The standard InChI is InChI=1S/C17H18ClN3O7S2/c18-14-6-4-12(10-17(14)30(27,28)20-8-2-1-3-9-20)19-29(25,26)13-5-7-16(22)15(11-13)21(23)24/h4-7,10-11,19,22H,1-3,8-9H2. The van der Waals surface area contributed by atoms with Crippen molar-refractivity contribution >= 4 is 43.0 Å². The highest BCUT2D eigenvalue weighted by atomic mass is 35.5. The van der Waals surface area contributed by atoms with Crippen LogP contribution in [0.3, 0.4) is 0 Å². The van der Waals surface area contributed by atoms with Crippen molar-refractivity contribution in [2.24, 2.45) is 0 Å². The Balaban J connectivity index is 1.95. The van der Waals surface area contributed by atoms with Crippen molar-refractivity contribution in [2.45, 2.75) is 29.1 Å². The number of nitrogens with one attached hydrogen (secondary N) is 1. The second-order valence-corrected chi connectivity index (χ2v) is 10.6. The van der Waals surface area contributed by atoms with Crippen molar-refractivity contribution < 1.29 is 26.9 Å². The van der Waals surface area contributed by atoms with Crippen LogP contribution in [-0.4, -0.2) is 44.3 Å². The van der Waals surface area contributed by atoms with Crippen LogP contribution in [0.4, 0.5) is 11.4 Å². The van der Waals surface area contributed by atoms with E-state index in [4.69, 9.17) is 11.6 Å². The second-order valence-electron chi connectivity index (χ2n) is 6.62. The zero-order valence-corrected chi connectivity index (χ0v) is 17.9. The minimum atomic E-state index is -4.30. The van der Waals surface area contributed by atoms with Gasteiger partial charge in [0.2, 0.25) is 10.0 Å². The van der Waals surface area contributed by atoms with Crippen LogP contribution in [0.2, 0.25) is 5.02 Å². The molecule has 1 aliphatic heterocycles. The lowest BCUT2D eigenvalue weighted by molar-refractivity contribution is -0.386. The summed E-state index contributed by atoms with van der Waals surface area (Å²) in [5.41, 5.74) is -0.854. The van der Waals surface area contributed by atoms with Gasteiger partial charge in [-0.1, -0.05) is 18.0 Å². The van der Waals surface area contributed by atoms with E-state index in [1.165, 1.54) is 16.4 Å². The maximum Gasteiger partial charge on any atom is 0.312 e. The fourth-order valence-corrected chi connectivity index (χ4v) is 6.13. The third kappa shape index (κ3) is 4.51. The van der Waals surface area contributed by atoms with E-state index in [2.05, 4.69) is 4.72 Å². The van der Waals surface area contributed by atoms with Crippen LogP contribution < -0.4 is 4.72 Å². The van der Waals surface area contributed by atoms with Crippen molar-refractivity contribution in [1.82, 2.24) is 4.31 Å². The van der Waals surface area contributed by atoms with Gasteiger partial charge in [0.15, 0.2) is 5.75 Å². The average molecular weight is 476 g/mol. The van der Waals surface area contributed by atoms with Gasteiger partial charge in [0, 0.05) is 19.2 Å². The molecule has 0 spiro atoms. The Morgan fingerprint density at radius 3 is 2.33 bits per heavy atom. The maximum atomic E-state index is 12.9. The summed E-state index contributed by atoms with van der Waals surface area (Å²) < 4.78 is 54.6. The lowest BCUT2D eigenvalue weighted by atomic mass is 10.2. The molecule has 13 heteroatoms. The molecule has 30 heavy (non-hydrogen) atoms. The van der Waals surface area contributed by atoms with E-state index in [-0.39, 0.29) is 15.6 Å². The summed E-state index contributed by atoms with van der Waals surface area (Å²) in [4.78, 5) is 9.33. The first-order valence-corrected chi connectivity index (χ1v) is 12.1. The molecule has 0 atom stereocenters. The van der Waals surface area contributed by atoms with Gasteiger partial charge in [-0.3, -0.25) is 14.8 Å². The number of sulfonamides is 2. The first kappa shape index (κ1) is 22.3. The number of nitro benzene ring substituents is 1. The molecule has 3 rings (SSSR count). The van der Waals surface area contributed by atoms with Gasteiger partial charge in [0.1, 0.15) is 4.90 Å². The second kappa shape index (κ2) is 8.38. The number of hydrogen-bond acceptors (Lipinski definition) is 7. The number of anilines is 1. The summed E-state index contributed by atoms with van der Waals surface area (Å²) in [6.45, 7) is 0.706. The highest BCUT2D eigenvalue weighted by Gasteiger charge is 2.29. The third-order valence-corrected chi connectivity index (χ3v) is 8.33. The summed E-state index contributed by atoms with van der Waals surface area (Å²) in [5.74, 6) is -0.680. The first-order valence-electron chi connectivity index (χ1n) is 8.82. The van der Waals surface area contributed by atoms with E-state index in [0.29, 0.717) is 19.2 Å². The molecule has 1 saturated heterocycles. The van der Waals surface area contributed by atoms with E-state index in [0.717, 1.165) is 37.5 Å². The summed E-state index contributed by atoms with van der Waals surface area (Å²) >= 11 is 6.08. The molecule has 0 aliphatic carbocycles. The molecular weight excluding hydrogens is 458 g/mol. The number of halogens is 1. The first-order chi connectivity index (χ1) is 14.0. The van der Waals surface area contributed by atoms with E-state index in [9.17, 15) is 32.1 Å². The maximum absolute atomic E-state index is 12.9. The van der Waals surface area contributed by atoms with Gasteiger partial charge in [0.25, 0.3) is 10.0 Å². The van der Waals surface area contributed by atoms with Gasteiger partial charge < -0.3 is 5.11 Å². The summed E-state index contributed by atoms with van der Waals surface area (Å²) in [6.07, 6.45) is 2.38. The molecule has 0 amide bonds. The van der Waals surface area contributed by atoms with Crippen LogP contribution in [0.15, 0.2) is 46.2 Å². The number of hydrogen-bond donors (Lipinski definition) is 2. The zero-order chi connectivity index (χ0) is 22.1. The number of phenols is 1. The minimum absolute atomic E-state index is 0.0520. The number of phenolic OH excluding ortho intramolecular Hbond substituents is 1. The Labute approximate surface area is 178 Å². The monoisotopic (exact) mass is 475 g/mol. The Bertz CT molecular complexity index is 1190. The lowest BCUT2D eigenvalue weighted by Gasteiger charge is -2.26. The molecule has 0 saturated carbocycles. The minimum Gasteiger partial charge on any atom is -0.502 e. The predicted molar refractivity (Wildman–Crippen MR) is 110 cm³/mol. The molecule has 2 aromatic carbocycles. The molecule has 10 nitrogen and oxygen atoms in total. The molecule has 1 aliphatic rings. The van der Waals surface area contributed by atoms with Gasteiger partial charge in [-0.25, -0.2) is 16.8 Å². The van der Waals surface area contributed by atoms with Gasteiger partial charge >= 0.3 is 5.69 Å². The summed E-state index contributed by atoms with van der Waals surface area (Å²) in [7, 11) is -8.22. The van der Waals surface area contributed by atoms with Crippen molar-refractivity contribution in [1.29, 1.82) is 0 Å². The van der Waals surface area contributed by atoms with Gasteiger partial charge in [-0.2, -0.15) is 4.31 Å². The molecule has 0 aromatic heterocycles. The van der Waals surface area contributed by atoms with Crippen molar-refractivity contribution in [3.63, 3.8) is 0 Å². The molecule has 0 unspecified atom stereocenters. The Morgan fingerprint density at radius 2 is 1.70 bits per heavy atom. The zero-order valence-electron chi connectivity index (χ0n) is 15.5. The predicted octanol–water partition coefficient (Wildman–Crippen LogP) is 2.93. The normalized spacial score (nSPS) is 15.6. The van der Waals surface area contributed by atoms with Crippen LogP contribution >= 0.6 is 11.6 Å². The fraction of sp³-hybridized carbons (Fsp3) is 0.294. The van der Waals surface area contributed by atoms with Crippen molar-refractivity contribution in [3.05, 3.63) is 51.5 Å². The number of rotatable bonds is 6. The van der Waals surface area contributed by atoms with Crippen molar-refractivity contribution in [3.8, 4) is 5.75 Å². The molecule has 2 N–H and O–H groups in total. The quantitative estimate of drug-likeness (QED) is 0.482. The fourth-order valence-electron chi connectivity index (χ4n) is 3.04. The molecule has 0 bridgehead atoms. The smallest absolute Gasteiger partial charge is 0.312 e. The molecule has 1 fully saturated rings. The average Bonchev–Trinajstić information content (AvgIpc) is 2.69. The Kier molecular flexibility index (Phi) is 6.22. The van der Waals surface area contributed by atoms with Crippen LogP contribution in [0.1, 0.15) is 19.3 Å². The molecule has 0 radical (unpaired) electrons. The summed E-state index contributed by atoms with van der Waals surface area (Å²) in [6, 6.07) is 6.24. The summed E-state index contributed by atoms with van der Waals surface area (Å²) in [5, 5.41) is 20.4. The number of nitro groups is 1.